The molecule has 0 bridgehead atoms. The number of benzene rings is 4. The fourth-order valence-corrected chi connectivity index (χ4v) is 3.24. The molecule has 164 valence electrons. The molecular formula is C26H26N2O4. The third-order valence-corrected chi connectivity index (χ3v) is 5.04. The molecule has 2 atom stereocenters. The van der Waals surface area contributed by atoms with E-state index in [1.165, 1.54) is 0 Å². The van der Waals surface area contributed by atoms with E-state index in [1.54, 1.807) is 13.8 Å². The predicted molar refractivity (Wildman–Crippen MR) is 129 cm³/mol. The molecule has 0 saturated carbocycles. The molecule has 0 spiro atoms. The van der Waals surface area contributed by atoms with Crippen molar-refractivity contribution in [2.75, 3.05) is 10.6 Å². The summed E-state index contributed by atoms with van der Waals surface area (Å²) >= 11 is 0. The second-order valence-corrected chi connectivity index (χ2v) is 7.50. The Balaban J connectivity index is 0.000000181. The van der Waals surface area contributed by atoms with Gasteiger partial charge in [-0.1, -0.05) is 66.7 Å². The quantitative estimate of drug-likeness (QED) is 0.325. The summed E-state index contributed by atoms with van der Waals surface area (Å²) in [6, 6.07) is 26.3. The molecule has 6 heteroatoms. The maximum Gasteiger partial charge on any atom is 0.325 e. The highest BCUT2D eigenvalue weighted by molar-refractivity contribution is 5.95. The average molecular weight is 431 g/mol. The van der Waals surface area contributed by atoms with E-state index in [0.29, 0.717) is 0 Å². The number of carbonyl (C=O) groups is 2. The number of fused-ring (bicyclic) bond motifs is 2. The summed E-state index contributed by atoms with van der Waals surface area (Å²) in [6.07, 6.45) is 0. The Hall–Kier alpha value is -4.06. The van der Waals surface area contributed by atoms with Crippen molar-refractivity contribution < 1.29 is 19.8 Å². The zero-order valence-electron chi connectivity index (χ0n) is 17.9. The maximum absolute atomic E-state index is 10.8. The second-order valence-electron chi connectivity index (χ2n) is 7.50. The lowest BCUT2D eigenvalue weighted by Gasteiger charge is -2.12. The van der Waals surface area contributed by atoms with E-state index in [9.17, 15) is 9.59 Å². The van der Waals surface area contributed by atoms with Gasteiger partial charge in [-0.15, -0.1) is 0 Å². The minimum atomic E-state index is -0.854. The molecule has 0 aliphatic heterocycles. The third-order valence-electron chi connectivity index (χ3n) is 5.04. The van der Waals surface area contributed by atoms with Crippen LogP contribution in [0.4, 0.5) is 11.4 Å². The number of carboxylic acid groups (broad SMARTS) is 2. The zero-order valence-corrected chi connectivity index (χ0v) is 17.9. The van der Waals surface area contributed by atoms with Gasteiger partial charge in [-0.25, -0.2) is 0 Å². The monoisotopic (exact) mass is 430 g/mol. The van der Waals surface area contributed by atoms with Gasteiger partial charge < -0.3 is 20.8 Å². The van der Waals surface area contributed by atoms with E-state index < -0.39 is 24.0 Å². The molecule has 0 unspecified atom stereocenters. The summed E-state index contributed by atoms with van der Waals surface area (Å²) in [5, 5.41) is 28.0. The molecule has 4 aromatic carbocycles. The molecule has 0 amide bonds. The first-order chi connectivity index (χ1) is 15.3. The van der Waals surface area contributed by atoms with Crippen LogP contribution in [0.1, 0.15) is 13.8 Å². The largest absolute Gasteiger partial charge is 0.480 e. The SMILES string of the molecule is C[C@H](Nc1ccc2ccccc2c1)C(=O)O.C[C@H](Nc1cccc2ccccc12)C(=O)O. The van der Waals surface area contributed by atoms with Crippen LogP contribution in [0, 0.1) is 0 Å². The van der Waals surface area contributed by atoms with Crippen LogP contribution in [0.25, 0.3) is 21.5 Å². The number of aliphatic carboxylic acids is 2. The van der Waals surface area contributed by atoms with Crippen molar-refractivity contribution in [1.29, 1.82) is 0 Å². The lowest BCUT2D eigenvalue weighted by atomic mass is 10.1. The number of carboxylic acids is 2. The van der Waals surface area contributed by atoms with Crippen LogP contribution in [0.2, 0.25) is 0 Å². The maximum atomic E-state index is 10.8. The molecule has 0 aliphatic carbocycles. The van der Waals surface area contributed by atoms with Crippen molar-refractivity contribution >= 4 is 44.9 Å². The van der Waals surface area contributed by atoms with Crippen molar-refractivity contribution in [3.8, 4) is 0 Å². The van der Waals surface area contributed by atoms with Crippen molar-refractivity contribution in [3.63, 3.8) is 0 Å². The first-order valence-electron chi connectivity index (χ1n) is 10.3. The van der Waals surface area contributed by atoms with Crippen molar-refractivity contribution in [3.05, 3.63) is 84.9 Å². The molecule has 4 N–H and O–H groups in total. The van der Waals surface area contributed by atoms with Gasteiger partial charge >= 0.3 is 11.9 Å². The van der Waals surface area contributed by atoms with Crippen LogP contribution in [-0.2, 0) is 9.59 Å². The van der Waals surface area contributed by atoms with E-state index in [4.69, 9.17) is 10.2 Å². The molecule has 4 rings (SSSR count). The summed E-state index contributed by atoms with van der Waals surface area (Å²) < 4.78 is 0. The van der Waals surface area contributed by atoms with Gasteiger partial charge in [0.25, 0.3) is 0 Å². The number of anilines is 2. The lowest BCUT2D eigenvalue weighted by Crippen LogP contribution is -2.25. The second kappa shape index (κ2) is 10.3. The van der Waals surface area contributed by atoms with Crippen LogP contribution in [-0.4, -0.2) is 34.2 Å². The van der Waals surface area contributed by atoms with Gasteiger partial charge in [0.15, 0.2) is 0 Å². The van der Waals surface area contributed by atoms with Gasteiger partial charge in [-0.05, 0) is 48.2 Å². The van der Waals surface area contributed by atoms with Crippen LogP contribution in [0.5, 0.6) is 0 Å². The molecule has 4 aromatic rings. The Kier molecular flexibility index (Phi) is 7.29. The predicted octanol–water partition coefficient (Wildman–Crippen LogP) is 5.45. The minimum absolute atomic E-state index is 0.582. The number of nitrogens with one attached hydrogen (secondary N) is 2. The Morgan fingerprint density at radius 1 is 0.656 bits per heavy atom. The van der Waals surface area contributed by atoms with Crippen molar-refractivity contribution in [2.24, 2.45) is 0 Å². The summed E-state index contributed by atoms with van der Waals surface area (Å²) in [5.41, 5.74) is 1.68. The van der Waals surface area contributed by atoms with Crippen LogP contribution < -0.4 is 10.6 Å². The van der Waals surface area contributed by atoms with Crippen LogP contribution in [0.3, 0.4) is 0 Å². The van der Waals surface area contributed by atoms with Crippen LogP contribution >= 0.6 is 0 Å². The number of hydrogen-bond donors (Lipinski definition) is 4. The normalized spacial score (nSPS) is 12.3. The van der Waals surface area contributed by atoms with Gasteiger partial charge in [-0.3, -0.25) is 9.59 Å². The van der Waals surface area contributed by atoms with Gasteiger partial charge in [-0.2, -0.15) is 0 Å². The smallest absolute Gasteiger partial charge is 0.325 e. The third kappa shape index (κ3) is 5.76. The fraction of sp³-hybridized carbons (Fsp3) is 0.154. The van der Waals surface area contributed by atoms with Gasteiger partial charge in [0.05, 0.1) is 0 Å². The Morgan fingerprint density at radius 2 is 1.22 bits per heavy atom. The molecule has 0 saturated heterocycles. The standard InChI is InChI=1S/2C13H13NO2/c1-9(13(15)16)14-12-8-4-6-10-5-2-3-7-11(10)12;1-9(13(15)16)14-12-7-6-10-4-2-3-5-11(10)8-12/h2*2-9,14H,1H3,(H,15,16)/t2*9-/m00/s1. The van der Waals surface area contributed by atoms with Gasteiger partial charge in [0.1, 0.15) is 12.1 Å². The first kappa shape index (κ1) is 22.6. The van der Waals surface area contributed by atoms with Crippen molar-refractivity contribution in [1.82, 2.24) is 0 Å². The molecule has 0 fully saturated rings. The Bertz CT molecular complexity index is 1230. The number of rotatable bonds is 6. The highest BCUT2D eigenvalue weighted by atomic mass is 16.4. The van der Waals surface area contributed by atoms with E-state index in [1.807, 2.05) is 84.9 Å². The molecule has 0 aromatic heterocycles. The topological polar surface area (TPSA) is 98.7 Å². The minimum Gasteiger partial charge on any atom is -0.480 e. The zero-order chi connectivity index (χ0) is 23.1. The highest BCUT2D eigenvalue weighted by Gasteiger charge is 2.11. The van der Waals surface area contributed by atoms with Crippen molar-refractivity contribution in [2.45, 2.75) is 25.9 Å². The molecule has 0 heterocycles. The highest BCUT2D eigenvalue weighted by Crippen LogP contribution is 2.23. The Morgan fingerprint density at radius 3 is 1.91 bits per heavy atom. The average Bonchev–Trinajstić information content (AvgIpc) is 2.79. The summed E-state index contributed by atoms with van der Waals surface area (Å²) in [5.74, 6) is -1.71. The molecule has 0 radical (unpaired) electrons. The Labute approximate surface area is 186 Å². The summed E-state index contributed by atoms with van der Waals surface area (Å²) in [6.45, 7) is 3.25. The summed E-state index contributed by atoms with van der Waals surface area (Å²) in [7, 11) is 0. The molecule has 0 aliphatic rings. The number of hydrogen-bond acceptors (Lipinski definition) is 4. The van der Waals surface area contributed by atoms with Gasteiger partial charge in [0, 0.05) is 16.8 Å². The summed E-state index contributed by atoms with van der Waals surface area (Å²) in [4.78, 5) is 21.5. The van der Waals surface area contributed by atoms with Gasteiger partial charge in [0.2, 0.25) is 0 Å². The van der Waals surface area contributed by atoms with E-state index in [2.05, 4.69) is 10.6 Å². The molecule has 6 nitrogen and oxygen atoms in total. The molecular weight excluding hydrogens is 404 g/mol. The fourth-order valence-electron chi connectivity index (χ4n) is 3.24. The molecule has 32 heavy (non-hydrogen) atoms. The van der Waals surface area contributed by atoms with E-state index in [-0.39, 0.29) is 0 Å². The van der Waals surface area contributed by atoms with E-state index in [0.717, 1.165) is 32.9 Å². The first-order valence-corrected chi connectivity index (χ1v) is 10.3. The lowest BCUT2D eigenvalue weighted by molar-refractivity contribution is -0.138. The van der Waals surface area contributed by atoms with E-state index >= 15 is 0 Å². The van der Waals surface area contributed by atoms with Crippen LogP contribution in [0.15, 0.2) is 84.9 Å².